The van der Waals surface area contributed by atoms with Crippen molar-refractivity contribution < 1.29 is 9.18 Å². The molecule has 21 heavy (non-hydrogen) atoms. The van der Waals surface area contributed by atoms with Gasteiger partial charge < -0.3 is 0 Å². The molecule has 0 aliphatic carbocycles. The molecule has 0 saturated carbocycles. The van der Waals surface area contributed by atoms with Gasteiger partial charge >= 0.3 is 0 Å². The molecule has 0 spiro atoms. The minimum atomic E-state index is -0.278. The molecule has 104 valence electrons. The van der Waals surface area contributed by atoms with E-state index in [1.807, 2.05) is 0 Å². The zero-order chi connectivity index (χ0) is 14.8. The Morgan fingerprint density at radius 3 is 2.62 bits per heavy atom. The van der Waals surface area contributed by atoms with Gasteiger partial charge in [0.25, 0.3) is 0 Å². The smallest absolute Gasteiger partial charge is 0.153 e. The lowest BCUT2D eigenvalue weighted by atomic mass is 10.1. The second-order valence-corrected chi connectivity index (χ2v) is 4.66. The highest BCUT2D eigenvalue weighted by atomic mass is 19.1. The lowest BCUT2D eigenvalue weighted by Gasteiger charge is -2.02. The zero-order valence-electron chi connectivity index (χ0n) is 11.3. The van der Waals surface area contributed by atoms with E-state index in [0.717, 1.165) is 12.0 Å². The molecule has 1 aromatic carbocycles. The van der Waals surface area contributed by atoms with E-state index in [9.17, 15) is 9.18 Å². The average Bonchev–Trinajstić information content (AvgIpc) is 2.95. The van der Waals surface area contributed by atoms with E-state index in [4.69, 9.17) is 0 Å². The summed E-state index contributed by atoms with van der Waals surface area (Å²) >= 11 is 0. The third-order valence-electron chi connectivity index (χ3n) is 3.23. The molecule has 0 aliphatic rings. The standard InChI is InChI=1S/C16H12FN3O/c1-11-8-12(2-3-15(11)17)16-13(10-21)9-20(19-16)14-4-6-18-7-5-14/h2-10H,1H3. The molecule has 4 nitrogen and oxygen atoms in total. The van der Waals surface area contributed by atoms with Crippen LogP contribution in [-0.2, 0) is 0 Å². The lowest BCUT2D eigenvalue weighted by molar-refractivity contribution is 0.112. The molecule has 0 atom stereocenters. The Morgan fingerprint density at radius 2 is 1.95 bits per heavy atom. The quantitative estimate of drug-likeness (QED) is 0.693. The van der Waals surface area contributed by atoms with Gasteiger partial charge in [-0.1, -0.05) is 0 Å². The van der Waals surface area contributed by atoms with Crippen LogP contribution in [0.1, 0.15) is 15.9 Å². The largest absolute Gasteiger partial charge is 0.298 e. The first kappa shape index (κ1) is 13.2. The molecule has 2 aromatic heterocycles. The molecular weight excluding hydrogens is 269 g/mol. The first-order chi connectivity index (χ1) is 10.2. The number of hydrogen-bond donors (Lipinski definition) is 0. The molecule has 3 aromatic rings. The summed E-state index contributed by atoms with van der Waals surface area (Å²) in [5, 5.41) is 4.43. The number of halogens is 1. The number of hydrogen-bond acceptors (Lipinski definition) is 3. The molecule has 0 amide bonds. The molecule has 0 unspecified atom stereocenters. The molecule has 5 heteroatoms. The summed E-state index contributed by atoms with van der Waals surface area (Å²) in [5.41, 5.74) is 3.02. The van der Waals surface area contributed by atoms with Crippen LogP contribution in [0, 0.1) is 12.7 Å². The number of carbonyl (C=O) groups excluding carboxylic acids is 1. The Bertz CT molecular complexity index is 797. The van der Waals surface area contributed by atoms with Crippen LogP contribution >= 0.6 is 0 Å². The first-order valence-corrected chi connectivity index (χ1v) is 6.41. The summed E-state index contributed by atoms with van der Waals surface area (Å²) in [4.78, 5) is 15.2. The van der Waals surface area contributed by atoms with Crippen LogP contribution in [0.4, 0.5) is 4.39 Å². The summed E-state index contributed by atoms with van der Waals surface area (Å²) in [6, 6.07) is 8.27. The fraction of sp³-hybridized carbons (Fsp3) is 0.0625. The Hall–Kier alpha value is -2.82. The van der Waals surface area contributed by atoms with Crippen molar-refractivity contribution in [3.05, 3.63) is 65.9 Å². The number of nitrogens with zero attached hydrogens (tertiary/aromatic N) is 3. The van der Waals surface area contributed by atoms with Crippen molar-refractivity contribution in [2.45, 2.75) is 6.92 Å². The minimum absolute atomic E-state index is 0.278. The number of rotatable bonds is 3. The molecule has 0 aliphatic heterocycles. The van der Waals surface area contributed by atoms with Crippen molar-refractivity contribution in [3.63, 3.8) is 0 Å². The van der Waals surface area contributed by atoms with Gasteiger partial charge in [0.15, 0.2) is 6.29 Å². The molecular formula is C16H12FN3O. The maximum atomic E-state index is 13.4. The van der Waals surface area contributed by atoms with E-state index in [1.54, 1.807) is 54.5 Å². The summed E-state index contributed by atoms with van der Waals surface area (Å²) < 4.78 is 15.0. The van der Waals surface area contributed by atoms with Gasteiger partial charge in [-0.25, -0.2) is 9.07 Å². The van der Waals surface area contributed by atoms with Gasteiger partial charge in [0, 0.05) is 24.2 Å². The van der Waals surface area contributed by atoms with Gasteiger partial charge in [0.05, 0.1) is 11.3 Å². The van der Waals surface area contributed by atoms with Crippen molar-refractivity contribution in [2.24, 2.45) is 0 Å². The van der Waals surface area contributed by atoms with Gasteiger partial charge in [-0.15, -0.1) is 0 Å². The van der Waals surface area contributed by atoms with Crippen LogP contribution < -0.4 is 0 Å². The van der Waals surface area contributed by atoms with Crippen LogP contribution in [0.25, 0.3) is 16.9 Å². The van der Waals surface area contributed by atoms with Crippen molar-refractivity contribution in [1.29, 1.82) is 0 Å². The van der Waals surface area contributed by atoms with E-state index >= 15 is 0 Å². The van der Waals surface area contributed by atoms with Gasteiger partial charge in [0.1, 0.15) is 11.5 Å². The highest BCUT2D eigenvalue weighted by Gasteiger charge is 2.12. The van der Waals surface area contributed by atoms with E-state index < -0.39 is 0 Å². The summed E-state index contributed by atoms with van der Waals surface area (Å²) in [5.74, 6) is -0.278. The molecule has 0 fully saturated rings. The molecule has 0 N–H and O–H groups in total. The molecule has 0 bridgehead atoms. The van der Waals surface area contributed by atoms with E-state index in [-0.39, 0.29) is 5.82 Å². The predicted molar refractivity (Wildman–Crippen MR) is 76.9 cm³/mol. The topological polar surface area (TPSA) is 47.8 Å². The Labute approximate surface area is 120 Å². The van der Waals surface area contributed by atoms with Crippen molar-refractivity contribution in [3.8, 4) is 16.9 Å². The van der Waals surface area contributed by atoms with Gasteiger partial charge in [-0.3, -0.25) is 9.78 Å². The number of aldehydes is 1. The Kier molecular flexibility index (Phi) is 3.31. The third-order valence-corrected chi connectivity index (χ3v) is 3.23. The maximum Gasteiger partial charge on any atom is 0.153 e. The highest BCUT2D eigenvalue weighted by molar-refractivity contribution is 5.85. The first-order valence-electron chi connectivity index (χ1n) is 6.41. The van der Waals surface area contributed by atoms with Crippen LogP contribution in [0.5, 0.6) is 0 Å². The SMILES string of the molecule is Cc1cc(-c2nn(-c3ccncc3)cc2C=O)ccc1F. The second kappa shape index (κ2) is 5.28. The van der Waals surface area contributed by atoms with Crippen molar-refractivity contribution >= 4 is 6.29 Å². The highest BCUT2D eigenvalue weighted by Crippen LogP contribution is 2.24. The number of benzene rings is 1. The van der Waals surface area contributed by atoms with E-state index in [1.165, 1.54) is 6.07 Å². The van der Waals surface area contributed by atoms with Crippen LogP contribution in [0.3, 0.4) is 0 Å². The Morgan fingerprint density at radius 1 is 1.19 bits per heavy atom. The number of carbonyl (C=O) groups is 1. The third kappa shape index (κ3) is 2.45. The van der Waals surface area contributed by atoms with Gasteiger partial charge in [-0.05, 0) is 42.8 Å². The normalized spacial score (nSPS) is 10.6. The Balaban J connectivity index is 2.12. The number of aryl methyl sites for hydroxylation is 1. The van der Waals surface area contributed by atoms with Crippen molar-refractivity contribution in [1.82, 2.24) is 14.8 Å². The minimum Gasteiger partial charge on any atom is -0.298 e. The molecule has 3 rings (SSSR count). The maximum absolute atomic E-state index is 13.4. The van der Waals surface area contributed by atoms with Gasteiger partial charge in [-0.2, -0.15) is 5.10 Å². The summed E-state index contributed by atoms with van der Waals surface area (Å²) in [6.07, 6.45) is 5.70. The van der Waals surface area contributed by atoms with Crippen LogP contribution in [0.15, 0.2) is 48.9 Å². The monoisotopic (exact) mass is 281 g/mol. The number of aromatic nitrogens is 3. The summed E-state index contributed by atoms with van der Waals surface area (Å²) in [6.45, 7) is 1.68. The van der Waals surface area contributed by atoms with E-state index in [2.05, 4.69) is 10.1 Å². The summed E-state index contributed by atoms with van der Waals surface area (Å²) in [7, 11) is 0. The van der Waals surface area contributed by atoms with Crippen molar-refractivity contribution in [2.75, 3.05) is 0 Å². The fourth-order valence-electron chi connectivity index (χ4n) is 2.12. The van der Waals surface area contributed by atoms with Crippen LogP contribution in [-0.4, -0.2) is 21.1 Å². The predicted octanol–water partition coefficient (Wildman–Crippen LogP) is 3.19. The second-order valence-electron chi connectivity index (χ2n) is 4.66. The lowest BCUT2D eigenvalue weighted by Crippen LogP contribution is -1.94. The van der Waals surface area contributed by atoms with Crippen LogP contribution in [0.2, 0.25) is 0 Å². The van der Waals surface area contributed by atoms with E-state index in [0.29, 0.717) is 22.4 Å². The fourth-order valence-corrected chi connectivity index (χ4v) is 2.12. The molecule has 0 radical (unpaired) electrons. The molecule has 0 saturated heterocycles. The molecule has 2 heterocycles. The van der Waals surface area contributed by atoms with Gasteiger partial charge in [0.2, 0.25) is 0 Å². The average molecular weight is 281 g/mol. The zero-order valence-corrected chi connectivity index (χ0v) is 11.3. The number of pyridine rings is 1.